The molecule has 1 unspecified atom stereocenters. The highest BCUT2D eigenvalue weighted by atomic mass is 32.1. The van der Waals surface area contributed by atoms with E-state index in [-0.39, 0.29) is 30.3 Å². The molecule has 1 atom stereocenters. The Hall–Kier alpha value is -3.65. The van der Waals surface area contributed by atoms with Crippen molar-refractivity contribution in [1.82, 2.24) is 14.4 Å². The minimum Gasteiger partial charge on any atom is -0.334 e. The van der Waals surface area contributed by atoms with Crippen molar-refractivity contribution >= 4 is 39.2 Å². The second-order valence-corrected chi connectivity index (χ2v) is 9.82. The number of rotatable bonds is 4. The number of aromatic nitrogens is 1. The number of benzene rings is 2. The number of para-hydroxylation sites is 1. The number of anilines is 1. The molecule has 3 heterocycles. The number of thiophene rings is 1. The first-order valence-corrected chi connectivity index (χ1v) is 12.5. The summed E-state index contributed by atoms with van der Waals surface area (Å²) in [4.78, 5) is 31.0. The highest BCUT2D eigenvalue weighted by molar-refractivity contribution is 7.16. The number of piperazine rings is 1. The lowest BCUT2D eigenvalue weighted by Crippen LogP contribution is -2.56. The van der Waals surface area contributed by atoms with Crippen LogP contribution >= 0.6 is 11.3 Å². The molecule has 2 aromatic heterocycles. The summed E-state index contributed by atoms with van der Waals surface area (Å²) >= 11 is 1.54. The molecule has 5 rings (SSSR count). The molecule has 8 heteroatoms. The predicted octanol–water partition coefficient (Wildman–Crippen LogP) is 5.58. The highest BCUT2D eigenvalue weighted by Crippen LogP contribution is 2.28. The van der Waals surface area contributed by atoms with Crippen molar-refractivity contribution in [3.63, 3.8) is 0 Å². The second-order valence-electron chi connectivity index (χ2n) is 8.93. The molecule has 0 saturated carbocycles. The van der Waals surface area contributed by atoms with Gasteiger partial charge in [0.25, 0.3) is 5.91 Å². The lowest BCUT2D eigenvalue weighted by molar-refractivity contribution is 0.0583. The topological polar surface area (TPSA) is 57.6 Å². The fourth-order valence-corrected chi connectivity index (χ4v) is 5.51. The first kappa shape index (κ1) is 23.1. The third-order valence-electron chi connectivity index (χ3n) is 6.57. The standard InChI is InChI=1S/C27H27FN4O2S/c1-18-7-3-6-10-23(18)29-27(34)31-13-12-30(16-19(31)2)25(33)24-15-20-11-14-35-26(20)32(24)17-21-8-4-5-9-22(21)28/h3-11,14-15,19H,12-13,16-17H2,1-2H3,(H,29,34). The number of hydrogen-bond acceptors (Lipinski definition) is 3. The molecule has 0 spiro atoms. The number of amides is 3. The van der Waals surface area contributed by atoms with Gasteiger partial charge in [-0.2, -0.15) is 0 Å². The molecular formula is C27H27FN4O2S. The van der Waals surface area contributed by atoms with Gasteiger partial charge in [-0.15, -0.1) is 11.3 Å². The summed E-state index contributed by atoms with van der Waals surface area (Å²) in [7, 11) is 0. The van der Waals surface area contributed by atoms with Gasteiger partial charge in [0.05, 0.1) is 6.54 Å². The number of nitrogens with zero attached hydrogens (tertiary/aromatic N) is 3. The molecule has 2 aromatic carbocycles. The number of urea groups is 1. The Kier molecular flexibility index (Phi) is 6.30. The minimum absolute atomic E-state index is 0.101. The monoisotopic (exact) mass is 490 g/mol. The van der Waals surface area contributed by atoms with Gasteiger partial charge in [-0.3, -0.25) is 4.79 Å². The van der Waals surface area contributed by atoms with Gasteiger partial charge in [0.15, 0.2) is 0 Å². The summed E-state index contributed by atoms with van der Waals surface area (Å²) in [6, 6.07) is 17.9. The van der Waals surface area contributed by atoms with Crippen LogP contribution in [0.1, 0.15) is 28.5 Å². The van der Waals surface area contributed by atoms with Crippen LogP contribution in [0, 0.1) is 12.7 Å². The van der Waals surface area contributed by atoms with E-state index in [1.54, 1.807) is 28.0 Å². The zero-order valence-electron chi connectivity index (χ0n) is 19.7. The van der Waals surface area contributed by atoms with E-state index in [1.165, 1.54) is 17.4 Å². The van der Waals surface area contributed by atoms with Crippen molar-refractivity contribution in [2.45, 2.75) is 26.4 Å². The Balaban J connectivity index is 1.33. The predicted molar refractivity (Wildman–Crippen MR) is 138 cm³/mol. The summed E-state index contributed by atoms with van der Waals surface area (Å²) in [6.07, 6.45) is 0. The van der Waals surface area contributed by atoms with Crippen LogP contribution in [0.25, 0.3) is 10.2 Å². The van der Waals surface area contributed by atoms with Gasteiger partial charge in [-0.25, -0.2) is 9.18 Å². The van der Waals surface area contributed by atoms with Crippen LogP contribution in [-0.4, -0.2) is 52.0 Å². The summed E-state index contributed by atoms with van der Waals surface area (Å²) < 4.78 is 16.3. The number of fused-ring (bicyclic) bond motifs is 1. The number of nitrogens with one attached hydrogen (secondary N) is 1. The van der Waals surface area contributed by atoms with Crippen molar-refractivity contribution in [1.29, 1.82) is 0 Å². The molecule has 3 amide bonds. The Morgan fingerprint density at radius 1 is 1.09 bits per heavy atom. The normalized spacial score (nSPS) is 16.0. The Morgan fingerprint density at radius 3 is 2.63 bits per heavy atom. The van der Waals surface area contributed by atoms with E-state index in [9.17, 15) is 14.0 Å². The SMILES string of the molecule is Cc1ccccc1NC(=O)N1CCN(C(=O)c2cc3ccsc3n2Cc2ccccc2F)CC1C. The number of hydrogen-bond donors (Lipinski definition) is 1. The summed E-state index contributed by atoms with van der Waals surface area (Å²) in [5.41, 5.74) is 2.87. The smallest absolute Gasteiger partial charge is 0.322 e. The molecular weight excluding hydrogens is 463 g/mol. The van der Waals surface area contributed by atoms with Gasteiger partial charge < -0.3 is 19.7 Å². The van der Waals surface area contributed by atoms with Gasteiger partial charge in [0, 0.05) is 42.3 Å². The largest absolute Gasteiger partial charge is 0.334 e. The molecule has 1 N–H and O–H groups in total. The second kappa shape index (κ2) is 9.54. The number of halogens is 1. The summed E-state index contributed by atoms with van der Waals surface area (Å²) in [5.74, 6) is -0.387. The quantitative estimate of drug-likeness (QED) is 0.406. The summed E-state index contributed by atoms with van der Waals surface area (Å²) in [5, 5.41) is 5.94. The van der Waals surface area contributed by atoms with E-state index in [0.717, 1.165) is 21.5 Å². The fraction of sp³-hybridized carbons (Fsp3) is 0.259. The number of aryl methyl sites for hydroxylation is 1. The van der Waals surface area contributed by atoms with Crippen LogP contribution in [0.4, 0.5) is 14.9 Å². The summed E-state index contributed by atoms with van der Waals surface area (Å²) in [6.45, 7) is 5.49. The van der Waals surface area contributed by atoms with Gasteiger partial charge in [0.2, 0.25) is 0 Å². The van der Waals surface area contributed by atoms with E-state index in [0.29, 0.717) is 30.9 Å². The van der Waals surface area contributed by atoms with E-state index >= 15 is 0 Å². The average molecular weight is 491 g/mol. The molecule has 0 bridgehead atoms. The first-order chi connectivity index (χ1) is 16.9. The van der Waals surface area contributed by atoms with Gasteiger partial charge >= 0.3 is 6.03 Å². The molecule has 4 aromatic rings. The maximum absolute atomic E-state index is 14.4. The van der Waals surface area contributed by atoms with E-state index in [2.05, 4.69) is 5.32 Å². The van der Waals surface area contributed by atoms with Crippen molar-refractivity contribution < 1.29 is 14.0 Å². The van der Waals surface area contributed by atoms with Crippen molar-refractivity contribution in [2.24, 2.45) is 0 Å². The van der Waals surface area contributed by atoms with Crippen LogP contribution in [0.3, 0.4) is 0 Å². The van der Waals surface area contributed by atoms with Crippen LogP contribution in [0.2, 0.25) is 0 Å². The van der Waals surface area contributed by atoms with Crippen molar-refractivity contribution in [2.75, 3.05) is 25.0 Å². The molecule has 1 aliphatic rings. The van der Waals surface area contributed by atoms with Crippen LogP contribution in [0.15, 0.2) is 66.0 Å². The molecule has 1 fully saturated rings. The molecule has 35 heavy (non-hydrogen) atoms. The molecule has 1 saturated heterocycles. The molecule has 0 radical (unpaired) electrons. The Labute approximate surface area is 207 Å². The van der Waals surface area contributed by atoms with Crippen LogP contribution in [-0.2, 0) is 6.54 Å². The van der Waals surface area contributed by atoms with E-state index in [4.69, 9.17) is 0 Å². The Bertz CT molecular complexity index is 1390. The van der Waals surface area contributed by atoms with Crippen molar-refractivity contribution in [3.05, 3.63) is 88.7 Å². The lowest BCUT2D eigenvalue weighted by atomic mass is 10.1. The highest BCUT2D eigenvalue weighted by Gasteiger charge is 2.32. The van der Waals surface area contributed by atoms with E-state index in [1.807, 2.05) is 60.2 Å². The molecule has 6 nitrogen and oxygen atoms in total. The van der Waals surface area contributed by atoms with Gasteiger partial charge in [-0.1, -0.05) is 36.4 Å². The fourth-order valence-electron chi connectivity index (χ4n) is 4.61. The number of carbonyl (C=O) groups excluding carboxylic acids is 2. The Morgan fingerprint density at radius 2 is 1.86 bits per heavy atom. The molecule has 0 aliphatic carbocycles. The van der Waals surface area contributed by atoms with Crippen molar-refractivity contribution in [3.8, 4) is 0 Å². The average Bonchev–Trinajstić information content (AvgIpc) is 3.44. The van der Waals surface area contributed by atoms with Crippen LogP contribution in [0.5, 0.6) is 0 Å². The first-order valence-electron chi connectivity index (χ1n) is 11.6. The minimum atomic E-state index is -0.286. The maximum atomic E-state index is 14.4. The van der Waals surface area contributed by atoms with E-state index < -0.39 is 0 Å². The molecule has 180 valence electrons. The maximum Gasteiger partial charge on any atom is 0.322 e. The zero-order valence-corrected chi connectivity index (χ0v) is 20.5. The number of carbonyl (C=O) groups is 2. The third kappa shape index (κ3) is 4.53. The third-order valence-corrected chi connectivity index (χ3v) is 7.52. The zero-order chi connectivity index (χ0) is 24.5. The van der Waals surface area contributed by atoms with Gasteiger partial charge in [-0.05, 0) is 49.1 Å². The molecule has 1 aliphatic heterocycles. The van der Waals surface area contributed by atoms with Crippen LogP contribution < -0.4 is 5.32 Å². The van der Waals surface area contributed by atoms with Gasteiger partial charge in [0.1, 0.15) is 16.3 Å². The lowest BCUT2D eigenvalue weighted by Gasteiger charge is -2.39.